The van der Waals surface area contributed by atoms with Gasteiger partial charge in [0.15, 0.2) is 0 Å². The zero-order chi connectivity index (χ0) is 12.3. The molecule has 0 bridgehead atoms. The third-order valence-electron chi connectivity index (χ3n) is 2.03. The van der Waals surface area contributed by atoms with Crippen LogP contribution in [0.2, 0.25) is 0 Å². The van der Waals surface area contributed by atoms with Crippen LogP contribution in [0, 0.1) is 5.82 Å². The van der Waals surface area contributed by atoms with Crippen molar-refractivity contribution in [1.29, 1.82) is 0 Å². The summed E-state index contributed by atoms with van der Waals surface area (Å²) in [6, 6.07) is 6.59. The summed E-state index contributed by atoms with van der Waals surface area (Å²) >= 11 is 1.40. The SMILES string of the molecule is CC(C)=NNc1nc(-c2ccccc2F)cs1. The number of hydrogen-bond acceptors (Lipinski definition) is 4. The van der Waals surface area contributed by atoms with Crippen LogP contribution in [-0.2, 0) is 0 Å². The molecule has 2 aromatic rings. The van der Waals surface area contributed by atoms with Gasteiger partial charge in [0, 0.05) is 16.7 Å². The lowest BCUT2D eigenvalue weighted by Gasteiger charge is -1.97. The van der Waals surface area contributed by atoms with Crippen molar-refractivity contribution in [2.24, 2.45) is 5.10 Å². The van der Waals surface area contributed by atoms with Crippen molar-refractivity contribution < 1.29 is 4.39 Å². The van der Waals surface area contributed by atoms with Crippen LogP contribution >= 0.6 is 11.3 Å². The Labute approximate surface area is 103 Å². The van der Waals surface area contributed by atoms with E-state index in [1.165, 1.54) is 17.4 Å². The third kappa shape index (κ3) is 2.88. The minimum atomic E-state index is -0.264. The number of nitrogens with one attached hydrogen (secondary N) is 1. The fourth-order valence-electron chi connectivity index (χ4n) is 1.28. The average Bonchev–Trinajstić information content (AvgIpc) is 2.75. The summed E-state index contributed by atoms with van der Waals surface area (Å²) in [5, 5.41) is 6.51. The lowest BCUT2D eigenvalue weighted by atomic mass is 10.2. The van der Waals surface area contributed by atoms with Crippen LogP contribution in [0.25, 0.3) is 11.3 Å². The number of nitrogens with zero attached hydrogens (tertiary/aromatic N) is 2. The lowest BCUT2D eigenvalue weighted by Crippen LogP contribution is -1.92. The Morgan fingerprint density at radius 2 is 2.12 bits per heavy atom. The van der Waals surface area contributed by atoms with Crippen LogP contribution in [-0.4, -0.2) is 10.7 Å². The van der Waals surface area contributed by atoms with Crippen molar-refractivity contribution in [2.75, 3.05) is 5.43 Å². The summed E-state index contributed by atoms with van der Waals surface area (Å²) in [6.07, 6.45) is 0. The zero-order valence-corrected chi connectivity index (χ0v) is 10.4. The highest BCUT2D eigenvalue weighted by Gasteiger charge is 2.07. The number of rotatable bonds is 3. The number of benzene rings is 1. The number of hydrogen-bond donors (Lipinski definition) is 1. The Balaban J connectivity index is 2.24. The molecular formula is C12H12FN3S. The summed E-state index contributed by atoms with van der Waals surface area (Å²) in [7, 11) is 0. The Hall–Kier alpha value is -1.75. The molecule has 3 nitrogen and oxygen atoms in total. The van der Waals surface area contributed by atoms with E-state index in [1.54, 1.807) is 23.6 Å². The number of anilines is 1. The minimum Gasteiger partial charge on any atom is -0.253 e. The molecule has 0 aliphatic carbocycles. The van der Waals surface area contributed by atoms with Gasteiger partial charge in [-0.25, -0.2) is 9.37 Å². The topological polar surface area (TPSA) is 37.3 Å². The van der Waals surface area contributed by atoms with Gasteiger partial charge >= 0.3 is 0 Å². The van der Waals surface area contributed by atoms with Crippen LogP contribution in [0.15, 0.2) is 34.7 Å². The smallest absolute Gasteiger partial charge is 0.203 e. The molecule has 17 heavy (non-hydrogen) atoms. The predicted molar refractivity (Wildman–Crippen MR) is 69.9 cm³/mol. The first-order valence-corrected chi connectivity index (χ1v) is 6.02. The maximum absolute atomic E-state index is 13.5. The van der Waals surface area contributed by atoms with Crippen LogP contribution in [0.4, 0.5) is 9.52 Å². The van der Waals surface area contributed by atoms with Gasteiger partial charge in [0.2, 0.25) is 5.13 Å². The zero-order valence-electron chi connectivity index (χ0n) is 9.57. The summed E-state index contributed by atoms with van der Waals surface area (Å²) < 4.78 is 13.5. The molecule has 0 atom stereocenters. The molecule has 1 aromatic carbocycles. The number of thiazole rings is 1. The van der Waals surface area contributed by atoms with Gasteiger partial charge in [-0.05, 0) is 26.0 Å². The van der Waals surface area contributed by atoms with Crippen molar-refractivity contribution in [2.45, 2.75) is 13.8 Å². The first kappa shape index (κ1) is 11.7. The Kier molecular flexibility index (Phi) is 3.49. The fraction of sp³-hybridized carbons (Fsp3) is 0.167. The van der Waals surface area contributed by atoms with Gasteiger partial charge in [0.25, 0.3) is 0 Å². The number of hydrazone groups is 1. The van der Waals surface area contributed by atoms with Gasteiger partial charge in [-0.1, -0.05) is 12.1 Å². The third-order valence-corrected chi connectivity index (χ3v) is 2.78. The second-order valence-electron chi connectivity index (χ2n) is 3.69. The maximum Gasteiger partial charge on any atom is 0.203 e. The van der Waals surface area contributed by atoms with Crippen LogP contribution in [0.1, 0.15) is 13.8 Å². The molecule has 1 N–H and O–H groups in total. The second kappa shape index (κ2) is 5.05. The summed E-state index contributed by atoms with van der Waals surface area (Å²) in [4.78, 5) is 4.27. The lowest BCUT2D eigenvalue weighted by molar-refractivity contribution is 0.631. The van der Waals surface area contributed by atoms with E-state index in [1.807, 2.05) is 13.8 Å². The fourth-order valence-corrected chi connectivity index (χ4v) is 1.93. The molecule has 5 heteroatoms. The van der Waals surface area contributed by atoms with Gasteiger partial charge in [0.1, 0.15) is 5.82 Å². The van der Waals surface area contributed by atoms with Gasteiger partial charge < -0.3 is 0 Å². The minimum absolute atomic E-state index is 0.264. The molecule has 88 valence electrons. The van der Waals surface area contributed by atoms with Crippen LogP contribution in [0.5, 0.6) is 0 Å². The van der Waals surface area contributed by atoms with E-state index in [4.69, 9.17) is 0 Å². The first-order valence-electron chi connectivity index (χ1n) is 5.14. The maximum atomic E-state index is 13.5. The molecular weight excluding hydrogens is 237 g/mol. The molecule has 0 amide bonds. The number of halogens is 1. The molecule has 1 heterocycles. The highest BCUT2D eigenvalue weighted by atomic mass is 32.1. The van der Waals surface area contributed by atoms with E-state index >= 15 is 0 Å². The van der Waals surface area contributed by atoms with Crippen LogP contribution < -0.4 is 5.43 Å². The molecule has 0 saturated carbocycles. The van der Waals surface area contributed by atoms with Crippen molar-refractivity contribution in [1.82, 2.24) is 4.98 Å². The van der Waals surface area contributed by atoms with Crippen molar-refractivity contribution in [3.05, 3.63) is 35.5 Å². The Bertz CT molecular complexity index is 544. The molecule has 0 radical (unpaired) electrons. The molecule has 0 spiro atoms. The molecule has 1 aromatic heterocycles. The van der Waals surface area contributed by atoms with Gasteiger partial charge in [-0.2, -0.15) is 5.10 Å². The van der Waals surface area contributed by atoms with Crippen molar-refractivity contribution in [3.8, 4) is 11.3 Å². The molecule has 0 unspecified atom stereocenters. The van der Waals surface area contributed by atoms with E-state index in [9.17, 15) is 4.39 Å². The summed E-state index contributed by atoms with van der Waals surface area (Å²) in [6.45, 7) is 3.77. The van der Waals surface area contributed by atoms with Gasteiger partial charge in [0.05, 0.1) is 5.69 Å². The van der Waals surface area contributed by atoms with Gasteiger partial charge in [-0.15, -0.1) is 11.3 Å². The highest BCUT2D eigenvalue weighted by Crippen LogP contribution is 2.26. The second-order valence-corrected chi connectivity index (χ2v) is 4.55. The van der Waals surface area contributed by atoms with E-state index in [0.717, 1.165) is 5.71 Å². The van der Waals surface area contributed by atoms with Crippen molar-refractivity contribution in [3.63, 3.8) is 0 Å². The van der Waals surface area contributed by atoms with E-state index in [2.05, 4.69) is 15.5 Å². The average molecular weight is 249 g/mol. The normalized spacial score (nSPS) is 10.1. The summed E-state index contributed by atoms with van der Waals surface area (Å²) in [5.74, 6) is -0.264. The first-order chi connectivity index (χ1) is 8.16. The van der Waals surface area contributed by atoms with E-state index < -0.39 is 0 Å². The number of aromatic nitrogens is 1. The molecule has 2 rings (SSSR count). The molecule has 0 aliphatic heterocycles. The monoisotopic (exact) mass is 249 g/mol. The summed E-state index contributed by atoms with van der Waals surface area (Å²) in [5.41, 5.74) is 4.87. The molecule has 0 saturated heterocycles. The largest absolute Gasteiger partial charge is 0.253 e. The Morgan fingerprint density at radius 3 is 2.82 bits per heavy atom. The van der Waals surface area contributed by atoms with Crippen molar-refractivity contribution >= 4 is 22.2 Å². The molecule has 0 fully saturated rings. The molecule has 0 aliphatic rings. The van der Waals surface area contributed by atoms with E-state index in [0.29, 0.717) is 16.4 Å². The standard InChI is InChI=1S/C12H12FN3S/c1-8(2)15-16-12-14-11(7-17-12)9-5-3-4-6-10(9)13/h3-7H,1-2H3,(H,14,16). The quantitative estimate of drug-likeness (QED) is 0.664. The Morgan fingerprint density at radius 1 is 1.35 bits per heavy atom. The highest BCUT2D eigenvalue weighted by molar-refractivity contribution is 7.14. The van der Waals surface area contributed by atoms with E-state index in [-0.39, 0.29) is 5.82 Å². The predicted octanol–water partition coefficient (Wildman–Crippen LogP) is 3.76. The van der Waals surface area contributed by atoms with Gasteiger partial charge in [-0.3, -0.25) is 5.43 Å². The van der Waals surface area contributed by atoms with Crippen LogP contribution in [0.3, 0.4) is 0 Å².